The standard InChI is InChI=1S/C11H15NO5S2/c1-7(2)11(15)5-12(6-11)19(16,17)9-4-3-8(18-9)10(13)14/h3-4,7,15H,5-6H2,1-2H3,(H,13,14). The first-order chi connectivity index (χ1) is 8.67. The van der Waals surface area contributed by atoms with E-state index in [0.29, 0.717) is 0 Å². The second kappa shape index (κ2) is 4.55. The molecule has 1 aromatic rings. The first kappa shape index (κ1) is 14.4. The number of β-amino-alcohol motifs (C(OH)–C–C–N with tert-alkyl or cyclic N) is 1. The molecule has 0 aliphatic carbocycles. The summed E-state index contributed by atoms with van der Waals surface area (Å²) in [5, 5.41) is 18.9. The molecule has 0 radical (unpaired) electrons. The molecule has 1 saturated heterocycles. The smallest absolute Gasteiger partial charge is 0.345 e. The molecule has 0 spiro atoms. The lowest BCUT2D eigenvalue weighted by Gasteiger charge is -2.47. The molecule has 1 fully saturated rings. The molecule has 19 heavy (non-hydrogen) atoms. The second-order valence-corrected chi connectivity index (χ2v) is 8.20. The number of carbonyl (C=O) groups is 1. The summed E-state index contributed by atoms with van der Waals surface area (Å²) in [6.07, 6.45) is 0. The highest BCUT2D eigenvalue weighted by atomic mass is 32.2. The first-order valence-electron chi connectivity index (χ1n) is 5.72. The van der Waals surface area contributed by atoms with Crippen molar-refractivity contribution in [2.24, 2.45) is 5.92 Å². The van der Waals surface area contributed by atoms with Crippen LogP contribution in [0, 0.1) is 5.92 Å². The van der Waals surface area contributed by atoms with E-state index < -0.39 is 21.6 Å². The van der Waals surface area contributed by atoms with Gasteiger partial charge in [-0.1, -0.05) is 13.8 Å². The van der Waals surface area contributed by atoms with Crippen LogP contribution in [-0.4, -0.2) is 47.6 Å². The number of hydrogen-bond donors (Lipinski definition) is 2. The maximum Gasteiger partial charge on any atom is 0.345 e. The van der Waals surface area contributed by atoms with Gasteiger partial charge in [-0.2, -0.15) is 4.31 Å². The molecule has 0 aromatic carbocycles. The van der Waals surface area contributed by atoms with Crippen molar-refractivity contribution in [1.82, 2.24) is 4.31 Å². The maximum atomic E-state index is 12.2. The third-order valence-corrected chi connectivity index (χ3v) is 6.69. The molecule has 0 atom stereocenters. The van der Waals surface area contributed by atoms with E-state index in [-0.39, 0.29) is 28.1 Å². The van der Waals surface area contributed by atoms with Crippen molar-refractivity contribution in [2.75, 3.05) is 13.1 Å². The summed E-state index contributed by atoms with van der Waals surface area (Å²) in [5.74, 6) is -1.18. The number of sulfonamides is 1. The summed E-state index contributed by atoms with van der Waals surface area (Å²) in [4.78, 5) is 10.7. The zero-order chi connectivity index (χ0) is 14.4. The molecule has 1 aromatic heterocycles. The van der Waals surface area contributed by atoms with Crippen molar-refractivity contribution in [3.63, 3.8) is 0 Å². The predicted molar refractivity (Wildman–Crippen MR) is 69.8 cm³/mol. The van der Waals surface area contributed by atoms with Gasteiger partial charge >= 0.3 is 5.97 Å². The number of nitrogens with zero attached hydrogens (tertiary/aromatic N) is 1. The summed E-state index contributed by atoms with van der Waals surface area (Å²) >= 11 is 0.723. The Kier molecular flexibility index (Phi) is 3.46. The molecule has 0 amide bonds. The van der Waals surface area contributed by atoms with Crippen molar-refractivity contribution in [2.45, 2.75) is 23.7 Å². The zero-order valence-corrected chi connectivity index (χ0v) is 12.2. The molecule has 1 aliphatic heterocycles. The lowest BCUT2D eigenvalue weighted by atomic mass is 9.85. The normalized spacial score (nSPS) is 19.4. The average molecular weight is 305 g/mol. The van der Waals surface area contributed by atoms with Gasteiger partial charge in [-0.25, -0.2) is 13.2 Å². The molecular formula is C11H15NO5S2. The number of aliphatic hydroxyl groups is 1. The Morgan fingerprint density at radius 3 is 2.42 bits per heavy atom. The molecule has 0 unspecified atom stereocenters. The Balaban J connectivity index is 2.18. The lowest BCUT2D eigenvalue weighted by molar-refractivity contribution is -0.0931. The van der Waals surface area contributed by atoms with E-state index in [1.54, 1.807) is 0 Å². The van der Waals surface area contributed by atoms with Gasteiger partial charge in [0.2, 0.25) is 0 Å². The van der Waals surface area contributed by atoms with Gasteiger partial charge in [0.05, 0.1) is 5.60 Å². The van der Waals surface area contributed by atoms with Crippen LogP contribution in [0.1, 0.15) is 23.5 Å². The largest absolute Gasteiger partial charge is 0.477 e. The van der Waals surface area contributed by atoms with Crippen LogP contribution < -0.4 is 0 Å². The molecule has 0 bridgehead atoms. The van der Waals surface area contributed by atoms with Crippen molar-refractivity contribution < 1.29 is 23.4 Å². The first-order valence-corrected chi connectivity index (χ1v) is 7.98. The highest BCUT2D eigenvalue weighted by molar-refractivity contribution is 7.91. The molecule has 0 saturated carbocycles. The van der Waals surface area contributed by atoms with Crippen molar-refractivity contribution in [3.8, 4) is 0 Å². The van der Waals surface area contributed by atoms with E-state index in [1.807, 2.05) is 13.8 Å². The van der Waals surface area contributed by atoms with Crippen LogP contribution in [0.25, 0.3) is 0 Å². The van der Waals surface area contributed by atoms with Crippen molar-refractivity contribution in [3.05, 3.63) is 17.0 Å². The van der Waals surface area contributed by atoms with Crippen LogP contribution in [0.3, 0.4) is 0 Å². The summed E-state index contributed by atoms with van der Waals surface area (Å²) < 4.78 is 25.6. The number of carboxylic acid groups (broad SMARTS) is 1. The van der Waals surface area contributed by atoms with E-state index in [1.165, 1.54) is 16.4 Å². The monoisotopic (exact) mass is 305 g/mol. The molecule has 2 rings (SSSR count). The fourth-order valence-electron chi connectivity index (χ4n) is 1.80. The Morgan fingerprint density at radius 2 is 2.00 bits per heavy atom. The summed E-state index contributed by atoms with van der Waals surface area (Å²) in [7, 11) is -3.69. The average Bonchev–Trinajstić information content (AvgIpc) is 2.73. The Bertz CT molecular complexity index is 598. The van der Waals surface area contributed by atoms with E-state index >= 15 is 0 Å². The van der Waals surface area contributed by atoms with Gasteiger partial charge in [-0.05, 0) is 18.1 Å². The van der Waals surface area contributed by atoms with Crippen molar-refractivity contribution >= 4 is 27.3 Å². The summed E-state index contributed by atoms with van der Waals surface area (Å²) in [5.41, 5.74) is -0.986. The lowest BCUT2D eigenvalue weighted by Crippen LogP contribution is -2.65. The van der Waals surface area contributed by atoms with Crippen LogP contribution in [0.15, 0.2) is 16.3 Å². The molecule has 6 nitrogen and oxygen atoms in total. The Hall–Kier alpha value is -0.960. The third-order valence-electron chi connectivity index (χ3n) is 3.36. The Morgan fingerprint density at radius 1 is 1.42 bits per heavy atom. The van der Waals surface area contributed by atoms with Crippen LogP contribution in [-0.2, 0) is 10.0 Å². The fourth-order valence-corrected chi connectivity index (χ4v) is 4.67. The van der Waals surface area contributed by atoms with Gasteiger partial charge in [-0.3, -0.25) is 0 Å². The van der Waals surface area contributed by atoms with E-state index in [0.717, 1.165) is 11.3 Å². The third kappa shape index (κ3) is 2.40. The van der Waals surface area contributed by atoms with Gasteiger partial charge in [0.1, 0.15) is 9.09 Å². The molecular weight excluding hydrogens is 290 g/mol. The quantitative estimate of drug-likeness (QED) is 0.859. The van der Waals surface area contributed by atoms with Gasteiger partial charge in [-0.15, -0.1) is 11.3 Å². The second-order valence-electron chi connectivity index (χ2n) is 4.96. The zero-order valence-electron chi connectivity index (χ0n) is 10.5. The SMILES string of the molecule is CC(C)C1(O)CN(S(=O)(=O)c2ccc(C(=O)O)s2)C1. The van der Waals surface area contributed by atoms with Gasteiger partial charge < -0.3 is 10.2 Å². The van der Waals surface area contributed by atoms with Crippen LogP contribution in [0.4, 0.5) is 0 Å². The molecule has 106 valence electrons. The highest BCUT2D eigenvalue weighted by Gasteiger charge is 2.49. The highest BCUT2D eigenvalue weighted by Crippen LogP contribution is 2.35. The summed E-state index contributed by atoms with van der Waals surface area (Å²) in [6.45, 7) is 3.76. The molecule has 8 heteroatoms. The molecule has 2 N–H and O–H groups in total. The van der Waals surface area contributed by atoms with Crippen LogP contribution in [0.5, 0.6) is 0 Å². The van der Waals surface area contributed by atoms with Gasteiger partial charge in [0.25, 0.3) is 10.0 Å². The molecule has 1 aliphatic rings. The number of thiophene rings is 1. The molecule has 2 heterocycles. The van der Waals surface area contributed by atoms with Crippen LogP contribution >= 0.6 is 11.3 Å². The fraction of sp³-hybridized carbons (Fsp3) is 0.545. The minimum atomic E-state index is -3.69. The number of aromatic carboxylic acids is 1. The van der Waals surface area contributed by atoms with Crippen molar-refractivity contribution in [1.29, 1.82) is 0 Å². The van der Waals surface area contributed by atoms with E-state index in [2.05, 4.69) is 0 Å². The number of hydrogen-bond acceptors (Lipinski definition) is 5. The minimum Gasteiger partial charge on any atom is -0.477 e. The Labute approximate surface area is 115 Å². The topological polar surface area (TPSA) is 94.9 Å². The number of rotatable bonds is 4. The summed E-state index contributed by atoms with van der Waals surface area (Å²) in [6, 6.07) is 2.56. The van der Waals surface area contributed by atoms with Gasteiger partial charge in [0, 0.05) is 13.1 Å². The van der Waals surface area contributed by atoms with E-state index in [9.17, 15) is 18.3 Å². The number of carboxylic acids is 1. The minimum absolute atomic E-state index is 0.00398. The van der Waals surface area contributed by atoms with Gasteiger partial charge in [0.15, 0.2) is 0 Å². The maximum absolute atomic E-state index is 12.2. The predicted octanol–water partition coefficient (Wildman–Crippen LogP) is 0.838. The van der Waals surface area contributed by atoms with Crippen LogP contribution in [0.2, 0.25) is 0 Å². The van der Waals surface area contributed by atoms with E-state index in [4.69, 9.17) is 5.11 Å².